The second-order valence-corrected chi connectivity index (χ2v) is 4.16. The van der Waals surface area contributed by atoms with Crippen LogP contribution in [0.3, 0.4) is 0 Å². The number of rotatable bonds is 11. The highest BCUT2D eigenvalue weighted by Gasteiger charge is 2.04. The summed E-state index contributed by atoms with van der Waals surface area (Å²) in [5.41, 5.74) is 5.38. The minimum atomic E-state index is 0.730. The normalized spacial score (nSPS) is 13.0. The average Bonchev–Trinajstić information content (AvgIpc) is 2.27. The summed E-state index contributed by atoms with van der Waals surface area (Å²) in [4.78, 5) is 0. The van der Waals surface area contributed by atoms with E-state index >= 15 is 0 Å². The van der Waals surface area contributed by atoms with Crippen molar-refractivity contribution in [2.24, 2.45) is 11.7 Å². The molecule has 0 aromatic carbocycles. The van der Waals surface area contributed by atoms with Crippen molar-refractivity contribution in [2.45, 2.75) is 39.5 Å². The van der Waals surface area contributed by atoms with Crippen LogP contribution in [0.4, 0.5) is 0 Å². The Morgan fingerprint density at radius 1 is 1.07 bits per heavy atom. The summed E-state index contributed by atoms with van der Waals surface area (Å²) in [5.74, 6) is 0.861. The Labute approximate surface area is 95.2 Å². The van der Waals surface area contributed by atoms with Gasteiger partial charge in [-0.25, -0.2) is 0 Å². The Hall–Kier alpha value is -0.120. The maximum absolute atomic E-state index is 5.38. The molecule has 0 aromatic heterocycles. The number of hydrogen-bond donors (Lipinski definition) is 3. The van der Waals surface area contributed by atoms with Crippen molar-refractivity contribution in [2.75, 3.05) is 32.7 Å². The third-order valence-electron chi connectivity index (χ3n) is 2.78. The first-order chi connectivity index (χ1) is 7.35. The zero-order valence-corrected chi connectivity index (χ0v) is 10.5. The summed E-state index contributed by atoms with van der Waals surface area (Å²) >= 11 is 0. The minimum Gasteiger partial charge on any atom is -0.329 e. The number of hydrogen-bond acceptors (Lipinski definition) is 3. The highest BCUT2D eigenvalue weighted by molar-refractivity contribution is 4.61. The summed E-state index contributed by atoms with van der Waals surface area (Å²) in [5, 5.41) is 6.78. The van der Waals surface area contributed by atoms with Crippen molar-refractivity contribution in [1.29, 1.82) is 0 Å². The molecule has 3 heteroatoms. The van der Waals surface area contributed by atoms with Crippen LogP contribution in [0, 0.1) is 5.92 Å². The lowest BCUT2D eigenvalue weighted by atomic mass is 9.99. The minimum absolute atomic E-state index is 0.730. The van der Waals surface area contributed by atoms with Crippen LogP contribution in [0.15, 0.2) is 0 Å². The lowest BCUT2D eigenvalue weighted by Crippen LogP contribution is -2.32. The molecule has 0 radical (unpaired) electrons. The van der Waals surface area contributed by atoms with E-state index in [0.717, 1.165) is 32.1 Å². The second-order valence-electron chi connectivity index (χ2n) is 4.16. The van der Waals surface area contributed by atoms with Crippen LogP contribution >= 0.6 is 0 Å². The van der Waals surface area contributed by atoms with Gasteiger partial charge in [0.25, 0.3) is 0 Å². The quantitative estimate of drug-likeness (QED) is 0.456. The van der Waals surface area contributed by atoms with Crippen LogP contribution in [0.5, 0.6) is 0 Å². The molecule has 0 heterocycles. The van der Waals surface area contributed by atoms with Crippen LogP contribution in [0.1, 0.15) is 39.5 Å². The summed E-state index contributed by atoms with van der Waals surface area (Å²) in [6, 6.07) is 0. The van der Waals surface area contributed by atoms with E-state index in [-0.39, 0.29) is 0 Å². The van der Waals surface area contributed by atoms with Crippen molar-refractivity contribution in [3.8, 4) is 0 Å². The zero-order chi connectivity index (χ0) is 11.4. The molecule has 92 valence electrons. The van der Waals surface area contributed by atoms with E-state index in [0.29, 0.717) is 0 Å². The maximum atomic E-state index is 5.38. The molecule has 0 amide bonds. The van der Waals surface area contributed by atoms with Crippen LogP contribution < -0.4 is 16.4 Å². The van der Waals surface area contributed by atoms with Crippen LogP contribution in [0.2, 0.25) is 0 Å². The van der Waals surface area contributed by atoms with Gasteiger partial charge in [0.2, 0.25) is 0 Å². The lowest BCUT2D eigenvalue weighted by molar-refractivity contribution is 0.418. The summed E-state index contributed by atoms with van der Waals surface area (Å²) in [7, 11) is 0. The van der Waals surface area contributed by atoms with E-state index in [9.17, 15) is 0 Å². The van der Waals surface area contributed by atoms with E-state index < -0.39 is 0 Å². The first-order valence-corrected chi connectivity index (χ1v) is 6.46. The predicted octanol–water partition coefficient (Wildman–Crippen LogP) is 1.34. The van der Waals surface area contributed by atoms with Gasteiger partial charge in [-0.2, -0.15) is 0 Å². The van der Waals surface area contributed by atoms with Gasteiger partial charge < -0.3 is 16.4 Å². The molecule has 15 heavy (non-hydrogen) atoms. The summed E-state index contributed by atoms with van der Waals surface area (Å²) < 4.78 is 0. The fourth-order valence-corrected chi connectivity index (χ4v) is 1.65. The molecule has 3 nitrogen and oxygen atoms in total. The topological polar surface area (TPSA) is 50.1 Å². The van der Waals surface area contributed by atoms with Crippen molar-refractivity contribution in [1.82, 2.24) is 10.6 Å². The molecule has 0 bridgehead atoms. The van der Waals surface area contributed by atoms with Gasteiger partial charge in [-0.3, -0.25) is 0 Å². The largest absolute Gasteiger partial charge is 0.329 e. The Morgan fingerprint density at radius 3 is 2.40 bits per heavy atom. The van der Waals surface area contributed by atoms with Gasteiger partial charge in [0.1, 0.15) is 0 Å². The predicted molar refractivity (Wildman–Crippen MR) is 68.1 cm³/mol. The highest BCUT2D eigenvalue weighted by atomic mass is 14.9. The highest BCUT2D eigenvalue weighted by Crippen LogP contribution is 2.10. The monoisotopic (exact) mass is 215 g/mol. The molecule has 0 aromatic rings. The van der Waals surface area contributed by atoms with E-state index in [1.807, 2.05) is 0 Å². The molecule has 0 fully saturated rings. The van der Waals surface area contributed by atoms with Crippen molar-refractivity contribution in [3.05, 3.63) is 0 Å². The van der Waals surface area contributed by atoms with Gasteiger partial charge in [0, 0.05) is 26.2 Å². The maximum Gasteiger partial charge on any atom is 0.00772 e. The van der Waals surface area contributed by atoms with Gasteiger partial charge in [-0.15, -0.1) is 0 Å². The zero-order valence-electron chi connectivity index (χ0n) is 10.5. The van der Waals surface area contributed by atoms with Crippen molar-refractivity contribution < 1.29 is 0 Å². The smallest absolute Gasteiger partial charge is 0.00772 e. The van der Waals surface area contributed by atoms with E-state index in [1.165, 1.54) is 32.2 Å². The van der Waals surface area contributed by atoms with Crippen LogP contribution in [0.25, 0.3) is 0 Å². The van der Waals surface area contributed by atoms with E-state index in [1.54, 1.807) is 0 Å². The first-order valence-electron chi connectivity index (χ1n) is 6.46. The SMILES string of the molecule is CCCCC(CC)CNCCNCCN. The van der Waals surface area contributed by atoms with Crippen molar-refractivity contribution >= 4 is 0 Å². The standard InChI is InChI=1S/C12H29N3/c1-3-5-6-12(4-2)11-15-10-9-14-8-7-13/h12,14-15H,3-11,13H2,1-2H3. The fourth-order valence-electron chi connectivity index (χ4n) is 1.65. The molecule has 0 rings (SSSR count). The molecule has 0 aliphatic rings. The molecule has 1 unspecified atom stereocenters. The Balaban J connectivity index is 3.22. The first kappa shape index (κ1) is 14.9. The van der Waals surface area contributed by atoms with Gasteiger partial charge in [0.05, 0.1) is 0 Å². The summed E-state index contributed by atoms with van der Waals surface area (Å²) in [6.07, 6.45) is 5.35. The van der Waals surface area contributed by atoms with E-state index in [4.69, 9.17) is 5.73 Å². The molecule has 0 saturated heterocycles. The number of unbranched alkanes of at least 4 members (excludes halogenated alkanes) is 1. The molecule has 0 aliphatic carbocycles. The Kier molecular flexibility index (Phi) is 11.9. The molecule has 0 saturated carbocycles. The Morgan fingerprint density at radius 2 is 1.80 bits per heavy atom. The van der Waals surface area contributed by atoms with Gasteiger partial charge >= 0.3 is 0 Å². The van der Waals surface area contributed by atoms with Gasteiger partial charge in [-0.05, 0) is 18.9 Å². The summed E-state index contributed by atoms with van der Waals surface area (Å²) in [6.45, 7) is 9.46. The lowest BCUT2D eigenvalue weighted by Gasteiger charge is -2.15. The molecule has 4 N–H and O–H groups in total. The third-order valence-corrected chi connectivity index (χ3v) is 2.78. The molecule has 0 aliphatic heterocycles. The molecule has 1 atom stereocenters. The van der Waals surface area contributed by atoms with Crippen LogP contribution in [-0.2, 0) is 0 Å². The molecular weight excluding hydrogens is 186 g/mol. The van der Waals surface area contributed by atoms with E-state index in [2.05, 4.69) is 24.5 Å². The fraction of sp³-hybridized carbons (Fsp3) is 1.00. The third kappa shape index (κ3) is 10.2. The van der Waals surface area contributed by atoms with Crippen LogP contribution in [-0.4, -0.2) is 32.7 Å². The molecular formula is C12H29N3. The van der Waals surface area contributed by atoms with Gasteiger partial charge in [-0.1, -0.05) is 33.1 Å². The average molecular weight is 215 g/mol. The van der Waals surface area contributed by atoms with Crippen molar-refractivity contribution in [3.63, 3.8) is 0 Å². The number of nitrogens with one attached hydrogen (secondary N) is 2. The molecule has 0 spiro atoms. The van der Waals surface area contributed by atoms with Gasteiger partial charge in [0.15, 0.2) is 0 Å². The second kappa shape index (κ2) is 12.0. The Bertz CT molecular complexity index is 117. The number of nitrogens with two attached hydrogens (primary N) is 1.